The molecule has 2 aromatic carbocycles. The van der Waals surface area contributed by atoms with E-state index >= 15 is 0 Å². The summed E-state index contributed by atoms with van der Waals surface area (Å²) in [7, 11) is 0. The van der Waals surface area contributed by atoms with Gasteiger partial charge in [0.15, 0.2) is 0 Å². The third-order valence-electron chi connectivity index (χ3n) is 3.05. The molecule has 100 valence electrons. The fraction of sp³-hybridized carbons (Fsp3) is 0.250. The van der Waals surface area contributed by atoms with E-state index in [-0.39, 0.29) is 0 Å². The molecule has 0 amide bonds. The quantitative estimate of drug-likeness (QED) is 0.809. The van der Waals surface area contributed by atoms with Crippen molar-refractivity contribution in [1.82, 2.24) is 5.32 Å². The number of hydrogen-bond acceptors (Lipinski definition) is 1. The first-order valence-electron chi connectivity index (χ1n) is 6.42. The summed E-state index contributed by atoms with van der Waals surface area (Å²) in [6.07, 6.45) is 0.960. The lowest BCUT2D eigenvalue weighted by molar-refractivity contribution is 0.549. The molecule has 2 aromatic rings. The van der Waals surface area contributed by atoms with Crippen molar-refractivity contribution >= 4 is 27.5 Å². The molecule has 3 heteroatoms. The van der Waals surface area contributed by atoms with Crippen LogP contribution in [0.15, 0.2) is 53.0 Å². The number of hydrogen-bond donors (Lipinski definition) is 1. The van der Waals surface area contributed by atoms with Crippen molar-refractivity contribution in [2.45, 2.75) is 19.4 Å². The predicted octanol–water partition coefficient (Wildman–Crippen LogP) is 5.00. The van der Waals surface area contributed by atoms with Crippen LogP contribution in [0.1, 0.15) is 24.1 Å². The predicted molar refractivity (Wildman–Crippen MR) is 85.7 cm³/mol. The van der Waals surface area contributed by atoms with Crippen LogP contribution in [0.5, 0.6) is 0 Å². The third kappa shape index (κ3) is 4.34. The maximum Gasteiger partial charge on any atom is 0.0406 e. The van der Waals surface area contributed by atoms with Crippen molar-refractivity contribution in [3.63, 3.8) is 0 Å². The molecule has 0 aliphatic heterocycles. The third-order valence-corrected chi connectivity index (χ3v) is 3.80. The Morgan fingerprint density at radius 1 is 1.16 bits per heavy atom. The minimum Gasteiger partial charge on any atom is -0.310 e. The lowest BCUT2D eigenvalue weighted by Gasteiger charge is -2.19. The topological polar surface area (TPSA) is 12.0 Å². The summed E-state index contributed by atoms with van der Waals surface area (Å²) in [6, 6.07) is 16.8. The van der Waals surface area contributed by atoms with E-state index in [1.54, 1.807) is 0 Å². The van der Waals surface area contributed by atoms with E-state index in [0.717, 1.165) is 22.5 Å². The van der Waals surface area contributed by atoms with Gasteiger partial charge in [-0.1, -0.05) is 58.7 Å². The Morgan fingerprint density at radius 3 is 2.53 bits per heavy atom. The second kappa shape index (κ2) is 7.09. The summed E-state index contributed by atoms with van der Waals surface area (Å²) in [6.45, 7) is 3.08. The molecule has 0 saturated heterocycles. The minimum absolute atomic E-state index is 0.323. The first-order valence-corrected chi connectivity index (χ1v) is 7.59. The minimum atomic E-state index is 0.323. The molecule has 0 aromatic heterocycles. The Kier molecular flexibility index (Phi) is 5.44. The SMILES string of the molecule is CCNC(Cc1ccc(Cl)cc1)c1cccc(Br)c1. The molecule has 0 aliphatic rings. The van der Waals surface area contributed by atoms with Crippen molar-refractivity contribution in [2.24, 2.45) is 0 Å². The Hall–Kier alpha value is -0.830. The van der Waals surface area contributed by atoms with E-state index in [1.165, 1.54) is 11.1 Å². The van der Waals surface area contributed by atoms with Gasteiger partial charge in [0.1, 0.15) is 0 Å². The zero-order valence-electron chi connectivity index (χ0n) is 10.9. The average Bonchev–Trinajstić information content (AvgIpc) is 2.41. The van der Waals surface area contributed by atoms with E-state index in [1.807, 2.05) is 12.1 Å². The Bertz CT molecular complexity index is 525. The van der Waals surface area contributed by atoms with Gasteiger partial charge in [-0.15, -0.1) is 0 Å². The van der Waals surface area contributed by atoms with Crippen LogP contribution in [0.25, 0.3) is 0 Å². The highest BCUT2D eigenvalue weighted by Crippen LogP contribution is 2.22. The summed E-state index contributed by atoms with van der Waals surface area (Å²) < 4.78 is 1.11. The second-order valence-corrected chi connectivity index (χ2v) is 5.85. The molecule has 0 bridgehead atoms. The van der Waals surface area contributed by atoms with Gasteiger partial charge in [0.05, 0.1) is 0 Å². The molecule has 1 N–H and O–H groups in total. The molecule has 1 nitrogen and oxygen atoms in total. The van der Waals surface area contributed by atoms with Crippen LogP contribution in [0.2, 0.25) is 5.02 Å². The van der Waals surface area contributed by atoms with Crippen LogP contribution in [-0.2, 0) is 6.42 Å². The van der Waals surface area contributed by atoms with Crippen LogP contribution < -0.4 is 5.32 Å². The lowest BCUT2D eigenvalue weighted by atomic mass is 9.99. The van der Waals surface area contributed by atoms with Crippen molar-refractivity contribution < 1.29 is 0 Å². The van der Waals surface area contributed by atoms with Gasteiger partial charge in [0.2, 0.25) is 0 Å². The smallest absolute Gasteiger partial charge is 0.0406 e. The number of rotatable bonds is 5. The van der Waals surface area contributed by atoms with Gasteiger partial charge in [-0.25, -0.2) is 0 Å². The molecule has 0 fully saturated rings. The molecule has 1 unspecified atom stereocenters. The van der Waals surface area contributed by atoms with Gasteiger partial charge in [-0.3, -0.25) is 0 Å². The van der Waals surface area contributed by atoms with Gasteiger partial charge in [-0.05, 0) is 48.4 Å². The summed E-state index contributed by atoms with van der Waals surface area (Å²) in [5, 5.41) is 4.32. The normalized spacial score (nSPS) is 12.4. The van der Waals surface area contributed by atoms with E-state index in [0.29, 0.717) is 6.04 Å². The van der Waals surface area contributed by atoms with Crippen molar-refractivity contribution in [3.8, 4) is 0 Å². The summed E-state index contributed by atoms with van der Waals surface area (Å²) >= 11 is 9.46. The van der Waals surface area contributed by atoms with Crippen LogP contribution in [-0.4, -0.2) is 6.54 Å². The summed E-state index contributed by atoms with van der Waals surface area (Å²) in [4.78, 5) is 0. The van der Waals surface area contributed by atoms with Crippen molar-refractivity contribution in [2.75, 3.05) is 6.54 Å². The van der Waals surface area contributed by atoms with E-state index in [9.17, 15) is 0 Å². The first-order chi connectivity index (χ1) is 9.19. The molecular formula is C16H17BrClN. The van der Waals surface area contributed by atoms with Gasteiger partial charge >= 0.3 is 0 Å². The zero-order valence-corrected chi connectivity index (χ0v) is 13.2. The molecule has 0 aliphatic carbocycles. The first kappa shape index (κ1) is 14.6. The molecule has 1 atom stereocenters. The van der Waals surface area contributed by atoms with Gasteiger partial charge in [0, 0.05) is 15.5 Å². The monoisotopic (exact) mass is 337 g/mol. The lowest BCUT2D eigenvalue weighted by Crippen LogP contribution is -2.22. The molecular weight excluding hydrogens is 322 g/mol. The highest BCUT2D eigenvalue weighted by molar-refractivity contribution is 9.10. The van der Waals surface area contributed by atoms with Gasteiger partial charge in [0.25, 0.3) is 0 Å². The summed E-state index contributed by atoms with van der Waals surface area (Å²) in [5.74, 6) is 0. The molecule has 0 spiro atoms. The Balaban J connectivity index is 2.18. The van der Waals surface area contributed by atoms with Crippen LogP contribution in [0, 0.1) is 0 Å². The molecule has 19 heavy (non-hydrogen) atoms. The standard InChI is InChI=1S/C16H17BrClN/c1-2-19-16(13-4-3-5-14(17)11-13)10-12-6-8-15(18)9-7-12/h3-9,11,16,19H,2,10H2,1H3. The van der Waals surface area contributed by atoms with E-state index in [4.69, 9.17) is 11.6 Å². The molecule has 2 rings (SSSR count). The average molecular weight is 339 g/mol. The summed E-state index contributed by atoms with van der Waals surface area (Å²) in [5.41, 5.74) is 2.58. The van der Waals surface area contributed by atoms with Crippen LogP contribution in [0.3, 0.4) is 0 Å². The van der Waals surface area contributed by atoms with Crippen LogP contribution in [0.4, 0.5) is 0 Å². The van der Waals surface area contributed by atoms with E-state index < -0.39 is 0 Å². The van der Waals surface area contributed by atoms with Crippen molar-refractivity contribution in [3.05, 3.63) is 69.2 Å². The van der Waals surface area contributed by atoms with E-state index in [2.05, 4.69) is 64.6 Å². The van der Waals surface area contributed by atoms with Gasteiger partial charge in [-0.2, -0.15) is 0 Å². The van der Waals surface area contributed by atoms with Crippen molar-refractivity contribution in [1.29, 1.82) is 0 Å². The fourth-order valence-corrected chi connectivity index (χ4v) is 2.68. The van der Waals surface area contributed by atoms with Gasteiger partial charge < -0.3 is 5.32 Å². The highest BCUT2D eigenvalue weighted by Gasteiger charge is 2.11. The zero-order chi connectivity index (χ0) is 13.7. The maximum atomic E-state index is 5.93. The highest BCUT2D eigenvalue weighted by atomic mass is 79.9. The number of likely N-dealkylation sites (N-methyl/N-ethyl adjacent to an activating group) is 1. The number of benzene rings is 2. The Labute approximate surface area is 128 Å². The molecule has 0 radical (unpaired) electrons. The number of nitrogens with one attached hydrogen (secondary N) is 1. The fourth-order valence-electron chi connectivity index (χ4n) is 2.13. The maximum absolute atomic E-state index is 5.93. The number of halogens is 2. The molecule has 0 saturated carbocycles. The second-order valence-electron chi connectivity index (χ2n) is 4.50. The largest absolute Gasteiger partial charge is 0.310 e. The molecule has 0 heterocycles. The Morgan fingerprint density at radius 2 is 1.89 bits per heavy atom. The van der Waals surface area contributed by atoms with Crippen LogP contribution >= 0.6 is 27.5 Å².